The van der Waals surface area contributed by atoms with E-state index in [4.69, 9.17) is 16.3 Å². The Morgan fingerprint density at radius 3 is 2.33 bits per heavy atom. The van der Waals surface area contributed by atoms with E-state index in [2.05, 4.69) is 50.4 Å². The monoisotopic (exact) mass is 345 g/mol. The summed E-state index contributed by atoms with van der Waals surface area (Å²) in [7, 11) is 0. The zero-order valence-electron chi connectivity index (χ0n) is 14.6. The number of halogens is 1. The van der Waals surface area contributed by atoms with Crippen LogP contribution in [0.3, 0.4) is 0 Å². The number of rotatable bonds is 5. The van der Waals surface area contributed by atoms with Crippen LogP contribution >= 0.6 is 11.6 Å². The smallest absolute Gasteiger partial charge is 0.258 e. The lowest BCUT2D eigenvalue weighted by molar-refractivity contribution is -0.123. The molecule has 1 N–H and O–H groups in total. The molecule has 0 saturated heterocycles. The molecule has 0 aromatic heterocycles. The molecule has 24 heavy (non-hydrogen) atoms. The summed E-state index contributed by atoms with van der Waals surface area (Å²) in [6.45, 7) is 8.44. The van der Waals surface area contributed by atoms with Gasteiger partial charge in [0.15, 0.2) is 6.61 Å². The van der Waals surface area contributed by atoms with Crippen molar-refractivity contribution < 1.29 is 9.53 Å². The number of hydrogen-bond donors (Lipinski definition) is 1. The van der Waals surface area contributed by atoms with Crippen LogP contribution in [0.25, 0.3) is 0 Å². The molecule has 2 aromatic rings. The molecule has 2 rings (SSSR count). The molecular weight excluding hydrogens is 322 g/mol. The van der Waals surface area contributed by atoms with Crippen LogP contribution in [0, 0.1) is 0 Å². The lowest BCUT2D eigenvalue weighted by Crippen LogP contribution is -2.31. The molecule has 0 radical (unpaired) electrons. The summed E-state index contributed by atoms with van der Waals surface area (Å²) in [6.07, 6.45) is 0. The Kier molecular flexibility index (Phi) is 5.89. The molecule has 4 heteroatoms. The first-order valence-corrected chi connectivity index (χ1v) is 8.42. The number of benzene rings is 2. The Labute approximate surface area is 149 Å². The first-order chi connectivity index (χ1) is 11.3. The quantitative estimate of drug-likeness (QED) is 0.837. The van der Waals surface area contributed by atoms with E-state index in [1.165, 1.54) is 5.56 Å². The number of hydrogen-bond acceptors (Lipinski definition) is 2. The first-order valence-electron chi connectivity index (χ1n) is 8.04. The fraction of sp³-hybridized carbons (Fsp3) is 0.350. The maximum atomic E-state index is 12.1. The summed E-state index contributed by atoms with van der Waals surface area (Å²) >= 11 is 6.00. The second-order valence-electron chi connectivity index (χ2n) is 6.88. The number of nitrogens with one attached hydrogen (secondary N) is 1. The predicted molar refractivity (Wildman–Crippen MR) is 98.6 cm³/mol. The summed E-state index contributed by atoms with van der Waals surface area (Å²) in [6, 6.07) is 15.4. The summed E-state index contributed by atoms with van der Waals surface area (Å²) in [4.78, 5) is 12.1. The Hall–Kier alpha value is -2.00. The van der Waals surface area contributed by atoms with E-state index in [0.717, 1.165) is 5.56 Å². The molecule has 1 atom stereocenters. The van der Waals surface area contributed by atoms with Gasteiger partial charge in [-0.3, -0.25) is 4.79 Å². The van der Waals surface area contributed by atoms with Crippen LogP contribution in [-0.4, -0.2) is 12.5 Å². The highest BCUT2D eigenvalue weighted by molar-refractivity contribution is 6.32. The molecule has 0 unspecified atom stereocenters. The Balaban J connectivity index is 1.90. The number of carbonyl (C=O) groups is 1. The SMILES string of the molecule is C[C@@H](NC(=O)COc1ccccc1Cl)c1ccc(C(C)(C)C)cc1. The maximum absolute atomic E-state index is 12.1. The van der Waals surface area contributed by atoms with E-state index < -0.39 is 0 Å². The highest BCUT2D eigenvalue weighted by atomic mass is 35.5. The van der Waals surface area contributed by atoms with Crippen molar-refractivity contribution in [2.24, 2.45) is 0 Å². The number of para-hydroxylation sites is 1. The summed E-state index contributed by atoms with van der Waals surface area (Å²) in [5, 5.41) is 3.43. The first kappa shape index (κ1) is 18.3. The summed E-state index contributed by atoms with van der Waals surface area (Å²) in [5.41, 5.74) is 2.45. The van der Waals surface area contributed by atoms with Gasteiger partial charge in [0.2, 0.25) is 0 Å². The molecule has 128 valence electrons. The van der Waals surface area contributed by atoms with Gasteiger partial charge >= 0.3 is 0 Å². The zero-order valence-corrected chi connectivity index (χ0v) is 15.4. The maximum Gasteiger partial charge on any atom is 0.258 e. The average Bonchev–Trinajstić information content (AvgIpc) is 2.53. The molecule has 0 aliphatic rings. The number of carbonyl (C=O) groups excluding carboxylic acids is 1. The lowest BCUT2D eigenvalue weighted by Gasteiger charge is -2.20. The van der Waals surface area contributed by atoms with Crippen molar-refractivity contribution >= 4 is 17.5 Å². The highest BCUT2D eigenvalue weighted by Gasteiger charge is 2.15. The third-order valence-electron chi connectivity index (χ3n) is 3.85. The van der Waals surface area contributed by atoms with Crippen molar-refractivity contribution in [3.05, 3.63) is 64.7 Å². The van der Waals surface area contributed by atoms with Crippen LogP contribution in [0.15, 0.2) is 48.5 Å². The van der Waals surface area contributed by atoms with Gasteiger partial charge in [0.1, 0.15) is 5.75 Å². The molecular formula is C20H24ClNO2. The molecule has 0 fully saturated rings. The van der Waals surface area contributed by atoms with Crippen molar-refractivity contribution in [2.45, 2.75) is 39.2 Å². The summed E-state index contributed by atoms with van der Waals surface area (Å²) in [5.74, 6) is 0.332. The molecule has 0 aliphatic heterocycles. The number of ether oxygens (including phenoxy) is 1. The van der Waals surface area contributed by atoms with Crippen LogP contribution in [0.4, 0.5) is 0 Å². The fourth-order valence-electron chi connectivity index (χ4n) is 2.34. The largest absolute Gasteiger partial charge is 0.482 e. The van der Waals surface area contributed by atoms with Gasteiger partial charge in [0.05, 0.1) is 11.1 Å². The highest BCUT2D eigenvalue weighted by Crippen LogP contribution is 2.24. The van der Waals surface area contributed by atoms with Crippen molar-refractivity contribution in [3.63, 3.8) is 0 Å². The van der Waals surface area contributed by atoms with Crippen molar-refractivity contribution in [1.29, 1.82) is 0 Å². The van der Waals surface area contributed by atoms with Gasteiger partial charge in [-0.2, -0.15) is 0 Å². The third-order valence-corrected chi connectivity index (χ3v) is 4.16. The molecule has 2 aromatic carbocycles. The molecule has 1 amide bonds. The van der Waals surface area contributed by atoms with Gasteiger partial charge in [-0.1, -0.05) is 68.8 Å². The van der Waals surface area contributed by atoms with Crippen molar-refractivity contribution in [3.8, 4) is 5.75 Å². The minimum absolute atomic E-state index is 0.0614. The molecule has 0 aliphatic carbocycles. The van der Waals surface area contributed by atoms with Crippen molar-refractivity contribution in [2.75, 3.05) is 6.61 Å². The molecule has 0 saturated carbocycles. The van der Waals surface area contributed by atoms with Gasteiger partial charge in [-0.25, -0.2) is 0 Å². The van der Waals surface area contributed by atoms with E-state index in [1.54, 1.807) is 12.1 Å². The number of amides is 1. The van der Waals surface area contributed by atoms with E-state index >= 15 is 0 Å². The third kappa shape index (κ3) is 5.00. The predicted octanol–water partition coefficient (Wildman–Crippen LogP) is 4.89. The van der Waals surface area contributed by atoms with E-state index in [0.29, 0.717) is 10.8 Å². The standard InChI is InChI=1S/C20H24ClNO2/c1-14(15-9-11-16(12-10-15)20(2,3)4)22-19(23)13-24-18-8-6-5-7-17(18)21/h5-12,14H,13H2,1-4H3,(H,22,23)/t14-/m1/s1. The Morgan fingerprint density at radius 2 is 1.75 bits per heavy atom. The van der Waals surface area contributed by atoms with E-state index in [-0.39, 0.29) is 24.0 Å². The van der Waals surface area contributed by atoms with Crippen LogP contribution in [0.1, 0.15) is 44.9 Å². The Bertz CT molecular complexity index is 690. The summed E-state index contributed by atoms with van der Waals surface area (Å²) < 4.78 is 5.46. The topological polar surface area (TPSA) is 38.3 Å². The van der Waals surface area contributed by atoms with Gasteiger partial charge in [0, 0.05) is 0 Å². The van der Waals surface area contributed by atoms with Gasteiger partial charge in [0.25, 0.3) is 5.91 Å². The van der Waals surface area contributed by atoms with Gasteiger partial charge < -0.3 is 10.1 Å². The minimum Gasteiger partial charge on any atom is -0.482 e. The fourth-order valence-corrected chi connectivity index (χ4v) is 2.53. The zero-order chi connectivity index (χ0) is 17.7. The van der Waals surface area contributed by atoms with Crippen LogP contribution in [-0.2, 0) is 10.2 Å². The van der Waals surface area contributed by atoms with Crippen LogP contribution in [0.2, 0.25) is 5.02 Å². The van der Waals surface area contributed by atoms with Crippen molar-refractivity contribution in [1.82, 2.24) is 5.32 Å². The average molecular weight is 346 g/mol. The molecule has 3 nitrogen and oxygen atoms in total. The second-order valence-corrected chi connectivity index (χ2v) is 7.29. The van der Waals surface area contributed by atoms with E-state index in [9.17, 15) is 4.79 Å². The molecule has 0 heterocycles. The van der Waals surface area contributed by atoms with Crippen LogP contribution in [0.5, 0.6) is 5.75 Å². The normalized spacial score (nSPS) is 12.5. The van der Waals surface area contributed by atoms with Crippen LogP contribution < -0.4 is 10.1 Å². The molecule has 0 bridgehead atoms. The van der Waals surface area contributed by atoms with Gasteiger partial charge in [-0.05, 0) is 35.6 Å². The van der Waals surface area contributed by atoms with E-state index in [1.807, 2.05) is 19.1 Å². The van der Waals surface area contributed by atoms with Gasteiger partial charge in [-0.15, -0.1) is 0 Å². The minimum atomic E-state index is -0.178. The lowest BCUT2D eigenvalue weighted by atomic mass is 9.86. The Morgan fingerprint density at radius 1 is 1.12 bits per heavy atom. The second kappa shape index (κ2) is 7.71. The molecule has 0 spiro atoms.